The van der Waals surface area contributed by atoms with Crippen molar-refractivity contribution in [3.8, 4) is 5.88 Å². The van der Waals surface area contributed by atoms with Gasteiger partial charge < -0.3 is 20.5 Å². The van der Waals surface area contributed by atoms with Gasteiger partial charge in [-0.15, -0.1) is 0 Å². The molecule has 0 amide bonds. The molecule has 1 aromatic heterocycles. The van der Waals surface area contributed by atoms with E-state index in [1.807, 2.05) is 39.2 Å². The number of hydrogen-bond donors (Lipinski definition) is 2. The quantitative estimate of drug-likeness (QED) is 0.172. The summed E-state index contributed by atoms with van der Waals surface area (Å²) in [5.41, 5.74) is 5.69. The fraction of sp³-hybridized carbons (Fsp3) is 0.618. The minimum atomic E-state index is 0.350. The van der Waals surface area contributed by atoms with Crippen molar-refractivity contribution >= 4 is 17.5 Å². The molecule has 0 aromatic carbocycles. The zero-order valence-electron chi connectivity index (χ0n) is 27.2. The van der Waals surface area contributed by atoms with Gasteiger partial charge in [-0.05, 0) is 75.5 Å². The zero-order chi connectivity index (χ0) is 30.1. The van der Waals surface area contributed by atoms with Crippen LogP contribution in [-0.2, 0) is 0 Å². The van der Waals surface area contributed by atoms with Gasteiger partial charge in [0.05, 0.1) is 6.61 Å². The van der Waals surface area contributed by atoms with Gasteiger partial charge in [0.2, 0.25) is 5.88 Å². The number of aliphatic imine (C=N–C) groups is 1. The van der Waals surface area contributed by atoms with E-state index >= 15 is 0 Å². The molecule has 0 saturated carbocycles. The molecule has 1 aromatic rings. The number of ether oxygens (including phenoxy) is 1. The molecule has 0 saturated heterocycles. The fourth-order valence-electron chi connectivity index (χ4n) is 3.30. The van der Waals surface area contributed by atoms with Gasteiger partial charge in [-0.25, -0.2) is 4.98 Å². The molecule has 0 bridgehead atoms. The van der Waals surface area contributed by atoms with Crippen molar-refractivity contribution in [2.24, 2.45) is 10.9 Å². The number of rotatable bonds is 15. The van der Waals surface area contributed by atoms with Crippen LogP contribution in [0, 0.1) is 11.3 Å². The maximum absolute atomic E-state index is 8.31. The summed E-state index contributed by atoms with van der Waals surface area (Å²) >= 11 is 0. The molecule has 0 radical (unpaired) electrons. The van der Waals surface area contributed by atoms with E-state index in [1.165, 1.54) is 25.7 Å². The molecule has 0 aliphatic heterocycles. The Balaban J connectivity index is 0. The predicted octanol–water partition coefficient (Wildman–Crippen LogP) is 9.85. The normalized spacial score (nSPS) is 13.0. The number of hydrogen-bond acceptors (Lipinski definition) is 5. The van der Waals surface area contributed by atoms with Gasteiger partial charge in [0.25, 0.3) is 0 Å². The van der Waals surface area contributed by atoms with Crippen LogP contribution >= 0.6 is 0 Å². The standard InChI is InChI=1S/C26H40N4O.2C4H10/c1-8-11-13-24(21(6)27)20(5)25(30-18-22(9-2)17-28-7)16-19(4)23-14-12-15-29-26(23)31-10-3;2*1-3-4-2/h12-17,22,27,30H,8-11,18H2,1-7H3;2*3-4H2,1-2H3/b19-16+,24-13-,25-20+,27-21?,28-17?;;. The first-order valence-electron chi connectivity index (χ1n) is 15.1. The van der Waals surface area contributed by atoms with Crippen LogP contribution in [-0.4, -0.2) is 37.1 Å². The molecule has 0 aliphatic rings. The van der Waals surface area contributed by atoms with Gasteiger partial charge >= 0.3 is 0 Å². The number of nitrogens with zero attached hydrogens (tertiary/aromatic N) is 2. The molecule has 1 atom stereocenters. The van der Waals surface area contributed by atoms with Crippen molar-refractivity contribution in [1.29, 1.82) is 5.41 Å². The van der Waals surface area contributed by atoms with E-state index < -0.39 is 0 Å². The average Bonchev–Trinajstić information content (AvgIpc) is 2.94. The zero-order valence-corrected chi connectivity index (χ0v) is 27.2. The monoisotopic (exact) mass is 540 g/mol. The van der Waals surface area contributed by atoms with Crippen molar-refractivity contribution in [3.05, 3.63) is 52.9 Å². The summed E-state index contributed by atoms with van der Waals surface area (Å²) in [5, 5.41) is 11.9. The highest BCUT2D eigenvalue weighted by Gasteiger charge is 2.12. The van der Waals surface area contributed by atoms with Crippen LogP contribution in [0.2, 0.25) is 0 Å². The molecule has 1 heterocycles. The maximum atomic E-state index is 8.31. The molecule has 0 fully saturated rings. The number of allylic oxidation sites excluding steroid dienone is 5. The summed E-state index contributed by atoms with van der Waals surface area (Å²) in [6, 6.07) is 3.96. The van der Waals surface area contributed by atoms with Gasteiger partial charge in [-0.1, -0.05) is 79.7 Å². The third-order valence-corrected chi connectivity index (χ3v) is 6.13. The number of nitrogens with one attached hydrogen (secondary N) is 2. The second-order valence-corrected chi connectivity index (χ2v) is 9.64. The summed E-state index contributed by atoms with van der Waals surface area (Å²) in [7, 11) is 1.82. The smallest absolute Gasteiger partial charge is 0.220 e. The molecular weight excluding hydrogens is 480 g/mol. The second-order valence-electron chi connectivity index (χ2n) is 9.64. The van der Waals surface area contributed by atoms with Gasteiger partial charge in [0.1, 0.15) is 0 Å². The van der Waals surface area contributed by atoms with Gasteiger partial charge in [-0.2, -0.15) is 0 Å². The summed E-state index contributed by atoms with van der Waals surface area (Å²) < 4.78 is 5.74. The minimum absolute atomic E-state index is 0.350. The van der Waals surface area contributed by atoms with E-state index in [2.05, 4.69) is 82.8 Å². The molecule has 1 unspecified atom stereocenters. The van der Waals surface area contributed by atoms with Crippen LogP contribution in [0.1, 0.15) is 120 Å². The Morgan fingerprint density at radius 1 is 1.00 bits per heavy atom. The Hall–Kier alpha value is -2.69. The molecule has 5 nitrogen and oxygen atoms in total. The molecular formula is C34H60N4O. The highest BCUT2D eigenvalue weighted by atomic mass is 16.5. The highest BCUT2D eigenvalue weighted by Crippen LogP contribution is 2.26. The van der Waals surface area contributed by atoms with Crippen LogP contribution in [0.4, 0.5) is 0 Å². The van der Waals surface area contributed by atoms with E-state index in [-0.39, 0.29) is 0 Å². The average molecular weight is 541 g/mol. The fourth-order valence-corrected chi connectivity index (χ4v) is 3.30. The molecule has 0 spiro atoms. The second kappa shape index (κ2) is 25.6. The molecule has 222 valence electrons. The van der Waals surface area contributed by atoms with Gasteiger partial charge in [0.15, 0.2) is 0 Å². The number of aromatic nitrogens is 1. The highest BCUT2D eigenvalue weighted by molar-refractivity contribution is 6.00. The topological polar surface area (TPSA) is 70.4 Å². The molecule has 5 heteroatoms. The van der Waals surface area contributed by atoms with E-state index in [1.54, 1.807) is 6.20 Å². The first-order chi connectivity index (χ1) is 18.7. The van der Waals surface area contributed by atoms with Crippen LogP contribution < -0.4 is 10.1 Å². The molecule has 2 N–H and O–H groups in total. The lowest BCUT2D eigenvalue weighted by molar-refractivity contribution is 0.326. The van der Waals surface area contributed by atoms with Crippen LogP contribution in [0.3, 0.4) is 0 Å². The van der Waals surface area contributed by atoms with E-state index in [0.717, 1.165) is 53.8 Å². The summed E-state index contributed by atoms with van der Waals surface area (Å²) in [5.74, 6) is 0.994. The third kappa shape index (κ3) is 17.5. The first kappa shape index (κ1) is 38.5. The van der Waals surface area contributed by atoms with Gasteiger partial charge in [0, 0.05) is 48.9 Å². The Morgan fingerprint density at radius 3 is 2.08 bits per heavy atom. The number of pyridine rings is 1. The van der Waals surface area contributed by atoms with Crippen molar-refractivity contribution in [2.75, 3.05) is 20.2 Å². The van der Waals surface area contributed by atoms with Crippen LogP contribution in [0.5, 0.6) is 5.88 Å². The summed E-state index contributed by atoms with van der Waals surface area (Å²) in [6.07, 6.45) is 16.4. The van der Waals surface area contributed by atoms with E-state index in [4.69, 9.17) is 10.1 Å². The van der Waals surface area contributed by atoms with Crippen molar-refractivity contribution in [1.82, 2.24) is 10.3 Å². The molecule has 39 heavy (non-hydrogen) atoms. The summed E-state index contributed by atoms with van der Waals surface area (Å²) in [4.78, 5) is 8.60. The van der Waals surface area contributed by atoms with Crippen molar-refractivity contribution in [3.63, 3.8) is 0 Å². The Kier molecular flexibility index (Phi) is 25.2. The molecule has 1 rings (SSSR count). The van der Waals surface area contributed by atoms with Crippen LogP contribution in [0.25, 0.3) is 5.57 Å². The lowest BCUT2D eigenvalue weighted by Crippen LogP contribution is -2.24. The molecule has 0 aliphatic carbocycles. The lowest BCUT2D eigenvalue weighted by Gasteiger charge is -2.18. The van der Waals surface area contributed by atoms with E-state index in [9.17, 15) is 0 Å². The third-order valence-electron chi connectivity index (χ3n) is 6.13. The van der Waals surface area contributed by atoms with Crippen molar-refractivity contribution in [2.45, 2.75) is 114 Å². The van der Waals surface area contributed by atoms with Crippen molar-refractivity contribution < 1.29 is 4.74 Å². The van der Waals surface area contributed by atoms with E-state index in [0.29, 0.717) is 24.1 Å². The largest absolute Gasteiger partial charge is 0.478 e. The first-order valence-corrected chi connectivity index (χ1v) is 15.1. The Morgan fingerprint density at radius 2 is 1.62 bits per heavy atom. The summed E-state index contributed by atoms with van der Waals surface area (Å²) in [6.45, 7) is 22.4. The Bertz CT molecular complexity index is 888. The number of unbranched alkanes of at least 4 members (excludes halogenated alkanes) is 3. The predicted molar refractivity (Wildman–Crippen MR) is 176 cm³/mol. The SMILES string of the molecule is CCC/C=C(C(C)=N)/C(C)=C(\C=C(/C)c1cccnc1OCC)NCC(C=NC)CC.CCCC.CCCC. The van der Waals surface area contributed by atoms with Gasteiger partial charge in [-0.3, -0.25) is 0 Å². The van der Waals surface area contributed by atoms with Crippen LogP contribution in [0.15, 0.2) is 52.3 Å². The minimum Gasteiger partial charge on any atom is -0.478 e. The maximum Gasteiger partial charge on any atom is 0.220 e. The Labute approximate surface area is 241 Å². The lowest BCUT2D eigenvalue weighted by atomic mass is 9.97.